The van der Waals surface area contributed by atoms with Crippen LogP contribution in [-0.4, -0.2) is 22.7 Å². The maximum atomic E-state index is 5.46. The van der Waals surface area contributed by atoms with Crippen LogP contribution in [0.3, 0.4) is 0 Å². The van der Waals surface area contributed by atoms with E-state index < -0.39 is 0 Å². The predicted molar refractivity (Wildman–Crippen MR) is 84.3 cm³/mol. The molecular formula is C17H25N3O. The third-order valence-electron chi connectivity index (χ3n) is 3.78. The van der Waals surface area contributed by atoms with Crippen LogP contribution >= 0.6 is 0 Å². The number of benzene rings is 1. The molecule has 2 unspecified atom stereocenters. The zero-order valence-corrected chi connectivity index (χ0v) is 13.2. The Morgan fingerprint density at radius 2 is 1.95 bits per heavy atom. The molecule has 1 aromatic carbocycles. The van der Waals surface area contributed by atoms with Gasteiger partial charge in [-0.05, 0) is 24.9 Å². The summed E-state index contributed by atoms with van der Waals surface area (Å²) in [6, 6.07) is 10.6. The molecule has 21 heavy (non-hydrogen) atoms. The Kier molecular flexibility index (Phi) is 5.93. The van der Waals surface area contributed by atoms with Gasteiger partial charge in [0.05, 0.1) is 5.92 Å². The quantitative estimate of drug-likeness (QED) is 0.807. The van der Waals surface area contributed by atoms with Gasteiger partial charge in [0, 0.05) is 12.5 Å². The van der Waals surface area contributed by atoms with E-state index in [1.54, 1.807) is 0 Å². The summed E-state index contributed by atoms with van der Waals surface area (Å²) in [5.74, 6) is 1.73. The topological polar surface area (TPSA) is 51.0 Å². The van der Waals surface area contributed by atoms with Crippen LogP contribution in [0.5, 0.6) is 0 Å². The molecule has 0 aliphatic heterocycles. The van der Waals surface area contributed by atoms with E-state index in [2.05, 4.69) is 48.4 Å². The largest absolute Gasteiger partial charge is 0.339 e. The molecule has 0 saturated heterocycles. The third kappa shape index (κ3) is 4.39. The number of nitrogens with zero attached hydrogens (tertiary/aromatic N) is 2. The van der Waals surface area contributed by atoms with E-state index in [0.717, 1.165) is 37.5 Å². The van der Waals surface area contributed by atoms with E-state index in [1.165, 1.54) is 5.56 Å². The summed E-state index contributed by atoms with van der Waals surface area (Å²) in [5.41, 5.74) is 1.20. The van der Waals surface area contributed by atoms with Gasteiger partial charge in [-0.3, -0.25) is 0 Å². The number of nitrogens with one attached hydrogen (secondary N) is 1. The summed E-state index contributed by atoms with van der Waals surface area (Å²) < 4.78 is 5.46. The molecule has 4 nitrogen and oxygen atoms in total. The van der Waals surface area contributed by atoms with E-state index in [4.69, 9.17) is 4.52 Å². The Labute approximate surface area is 127 Å². The second-order valence-corrected chi connectivity index (χ2v) is 5.47. The first kappa shape index (κ1) is 15.7. The molecule has 0 aliphatic rings. The molecule has 0 fully saturated rings. The Bertz CT molecular complexity index is 524. The van der Waals surface area contributed by atoms with Gasteiger partial charge in [0.15, 0.2) is 5.82 Å². The highest BCUT2D eigenvalue weighted by Crippen LogP contribution is 2.20. The molecule has 1 heterocycles. The molecule has 0 radical (unpaired) electrons. The fourth-order valence-corrected chi connectivity index (χ4v) is 2.48. The van der Waals surface area contributed by atoms with Crippen LogP contribution in [0.2, 0.25) is 0 Å². The van der Waals surface area contributed by atoms with Crippen LogP contribution in [0.4, 0.5) is 0 Å². The second-order valence-electron chi connectivity index (χ2n) is 5.47. The molecule has 0 saturated carbocycles. The van der Waals surface area contributed by atoms with E-state index >= 15 is 0 Å². The van der Waals surface area contributed by atoms with E-state index in [9.17, 15) is 0 Å². The van der Waals surface area contributed by atoms with Gasteiger partial charge in [-0.2, -0.15) is 4.98 Å². The third-order valence-corrected chi connectivity index (χ3v) is 3.78. The Morgan fingerprint density at radius 3 is 2.62 bits per heavy atom. The molecule has 0 spiro atoms. The number of hydrogen-bond donors (Lipinski definition) is 1. The molecule has 2 atom stereocenters. The first-order valence-corrected chi connectivity index (χ1v) is 7.84. The molecule has 2 aromatic rings. The molecular weight excluding hydrogens is 262 g/mol. The number of hydrogen-bond acceptors (Lipinski definition) is 4. The smallest absolute Gasteiger partial charge is 0.231 e. The van der Waals surface area contributed by atoms with Crippen molar-refractivity contribution in [2.24, 2.45) is 0 Å². The standard InChI is InChI=1S/C17H25N3O/c1-4-11-18-15(5-2)13(3)17-19-16(20-21-17)12-14-9-7-6-8-10-14/h6-10,13,15,18H,4-5,11-12H2,1-3H3. The van der Waals surface area contributed by atoms with Gasteiger partial charge >= 0.3 is 0 Å². The molecule has 0 amide bonds. The first-order chi connectivity index (χ1) is 10.2. The maximum absolute atomic E-state index is 5.46. The fourth-order valence-electron chi connectivity index (χ4n) is 2.48. The molecule has 2 rings (SSSR count). The lowest BCUT2D eigenvalue weighted by atomic mass is 9.99. The van der Waals surface area contributed by atoms with Gasteiger partial charge in [-0.25, -0.2) is 0 Å². The summed E-state index contributed by atoms with van der Waals surface area (Å²) in [5, 5.41) is 7.66. The summed E-state index contributed by atoms with van der Waals surface area (Å²) in [6.07, 6.45) is 2.90. The molecule has 114 valence electrons. The van der Waals surface area contributed by atoms with Crippen molar-refractivity contribution in [2.75, 3.05) is 6.54 Å². The average molecular weight is 287 g/mol. The summed E-state index contributed by atoms with van der Waals surface area (Å²) in [7, 11) is 0. The average Bonchev–Trinajstić information content (AvgIpc) is 2.97. The van der Waals surface area contributed by atoms with E-state index in [-0.39, 0.29) is 5.92 Å². The van der Waals surface area contributed by atoms with Crippen molar-refractivity contribution < 1.29 is 4.52 Å². The molecule has 0 aliphatic carbocycles. The lowest BCUT2D eigenvalue weighted by molar-refractivity contribution is 0.317. The minimum absolute atomic E-state index is 0.235. The number of aromatic nitrogens is 2. The first-order valence-electron chi connectivity index (χ1n) is 7.84. The van der Waals surface area contributed by atoms with Crippen LogP contribution in [0.25, 0.3) is 0 Å². The van der Waals surface area contributed by atoms with Crippen LogP contribution in [0.1, 0.15) is 56.8 Å². The Hall–Kier alpha value is -1.68. The zero-order valence-electron chi connectivity index (χ0n) is 13.2. The molecule has 1 N–H and O–H groups in total. The van der Waals surface area contributed by atoms with E-state index in [1.807, 2.05) is 18.2 Å². The molecule has 1 aromatic heterocycles. The van der Waals surface area contributed by atoms with Crippen molar-refractivity contribution in [1.82, 2.24) is 15.5 Å². The van der Waals surface area contributed by atoms with Crippen molar-refractivity contribution in [3.63, 3.8) is 0 Å². The summed E-state index contributed by atoms with van der Waals surface area (Å²) >= 11 is 0. The van der Waals surface area contributed by atoms with Crippen LogP contribution in [-0.2, 0) is 6.42 Å². The summed E-state index contributed by atoms with van der Waals surface area (Å²) in [6.45, 7) is 7.53. The zero-order chi connectivity index (χ0) is 15.1. The molecule has 4 heteroatoms. The van der Waals surface area contributed by atoms with Gasteiger partial charge < -0.3 is 9.84 Å². The highest BCUT2D eigenvalue weighted by Gasteiger charge is 2.22. The highest BCUT2D eigenvalue weighted by atomic mass is 16.5. The van der Waals surface area contributed by atoms with Gasteiger partial charge in [0.25, 0.3) is 0 Å². The monoisotopic (exact) mass is 287 g/mol. The van der Waals surface area contributed by atoms with Gasteiger partial charge in [0.1, 0.15) is 0 Å². The number of rotatable bonds is 8. The highest BCUT2D eigenvalue weighted by molar-refractivity contribution is 5.18. The van der Waals surface area contributed by atoms with Gasteiger partial charge in [0.2, 0.25) is 5.89 Å². The summed E-state index contributed by atoms with van der Waals surface area (Å²) in [4.78, 5) is 4.56. The van der Waals surface area contributed by atoms with Crippen molar-refractivity contribution >= 4 is 0 Å². The lowest BCUT2D eigenvalue weighted by Gasteiger charge is -2.20. The maximum Gasteiger partial charge on any atom is 0.231 e. The second kappa shape index (κ2) is 7.93. The lowest BCUT2D eigenvalue weighted by Crippen LogP contribution is -2.33. The van der Waals surface area contributed by atoms with Crippen molar-refractivity contribution in [2.45, 2.75) is 52.0 Å². The van der Waals surface area contributed by atoms with Crippen LogP contribution in [0.15, 0.2) is 34.9 Å². The van der Waals surface area contributed by atoms with Gasteiger partial charge in [-0.15, -0.1) is 0 Å². The van der Waals surface area contributed by atoms with Crippen molar-refractivity contribution in [3.05, 3.63) is 47.6 Å². The van der Waals surface area contributed by atoms with E-state index in [0.29, 0.717) is 6.04 Å². The SMILES string of the molecule is CCCNC(CC)C(C)c1nc(Cc2ccccc2)no1. The Balaban J connectivity index is 2.01. The minimum Gasteiger partial charge on any atom is -0.339 e. The minimum atomic E-state index is 0.235. The fraction of sp³-hybridized carbons (Fsp3) is 0.529. The molecule has 0 bridgehead atoms. The van der Waals surface area contributed by atoms with Crippen LogP contribution in [0, 0.1) is 0 Å². The normalized spacial score (nSPS) is 14.0. The van der Waals surface area contributed by atoms with Gasteiger partial charge in [-0.1, -0.05) is 56.3 Å². The van der Waals surface area contributed by atoms with Crippen molar-refractivity contribution in [1.29, 1.82) is 0 Å². The Morgan fingerprint density at radius 1 is 1.19 bits per heavy atom. The van der Waals surface area contributed by atoms with Crippen LogP contribution < -0.4 is 5.32 Å². The van der Waals surface area contributed by atoms with Crippen molar-refractivity contribution in [3.8, 4) is 0 Å². The predicted octanol–water partition coefficient (Wildman–Crippen LogP) is 3.54.